The number of aromatic nitrogens is 5. The van der Waals surface area contributed by atoms with Gasteiger partial charge in [-0.15, -0.1) is 21.5 Å². The molecule has 0 bridgehead atoms. The minimum atomic E-state index is -0.517. The molecule has 4 heterocycles. The summed E-state index contributed by atoms with van der Waals surface area (Å²) in [5.41, 5.74) is 3.42. The van der Waals surface area contributed by atoms with Crippen molar-refractivity contribution in [1.82, 2.24) is 24.6 Å². The quantitative estimate of drug-likeness (QED) is 0.561. The molecule has 1 amide bonds. The number of rotatable bonds is 3. The van der Waals surface area contributed by atoms with Crippen LogP contribution in [-0.2, 0) is 0 Å². The maximum atomic E-state index is 13.5. The van der Waals surface area contributed by atoms with Gasteiger partial charge in [-0.1, -0.05) is 0 Å². The number of nitrogens with zero attached hydrogens (tertiary/aromatic N) is 5. The Morgan fingerprint density at radius 1 is 1.27 bits per heavy atom. The number of fused-ring (bicyclic) bond motifs is 1. The van der Waals surface area contributed by atoms with Crippen molar-refractivity contribution in [2.24, 2.45) is 0 Å². The van der Waals surface area contributed by atoms with E-state index < -0.39 is 5.95 Å². The van der Waals surface area contributed by atoms with Crippen molar-refractivity contribution in [2.45, 2.75) is 13.8 Å². The zero-order valence-corrected chi connectivity index (χ0v) is 14.7. The molecule has 9 heteroatoms. The number of amides is 1. The summed E-state index contributed by atoms with van der Waals surface area (Å²) in [6.07, 6.45) is 4.71. The van der Waals surface area contributed by atoms with Crippen molar-refractivity contribution in [3.8, 4) is 11.1 Å². The first-order chi connectivity index (χ1) is 12.5. The number of carbonyl (C=O) groups is 1. The van der Waals surface area contributed by atoms with E-state index in [1.807, 2.05) is 12.3 Å². The summed E-state index contributed by atoms with van der Waals surface area (Å²) in [6, 6.07) is 3.37. The summed E-state index contributed by atoms with van der Waals surface area (Å²) >= 11 is 1.35. The van der Waals surface area contributed by atoms with E-state index in [0.717, 1.165) is 5.69 Å². The maximum Gasteiger partial charge on any atom is 0.261 e. The molecule has 0 fully saturated rings. The van der Waals surface area contributed by atoms with Gasteiger partial charge in [0.25, 0.3) is 5.91 Å². The van der Waals surface area contributed by atoms with Crippen LogP contribution in [0.2, 0.25) is 0 Å². The highest BCUT2D eigenvalue weighted by Crippen LogP contribution is 2.24. The lowest BCUT2D eigenvalue weighted by molar-refractivity contribution is 0.102. The zero-order chi connectivity index (χ0) is 18.3. The molecule has 0 aromatic carbocycles. The van der Waals surface area contributed by atoms with Gasteiger partial charge in [-0.2, -0.15) is 4.39 Å². The van der Waals surface area contributed by atoms with Gasteiger partial charge >= 0.3 is 0 Å². The van der Waals surface area contributed by atoms with Gasteiger partial charge in [0.15, 0.2) is 10.8 Å². The molecule has 0 saturated carbocycles. The third-order valence-electron chi connectivity index (χ3n) is 3.82. The molecule has 4 aromatic heterocycles. The summed E-state index contributed by atoms with van der Waals surface area (Å²) < 4.78 is 15.1. The van der Waals surface area contributed by atoms with Crippen molar-refractivity contribution in [3.05, 3.63) is 59.0 Å². The number of hydrogen-bond donors (Lipinski definition) is 1. The van der Waals surface area contributed by atoms with Gasteiger partial charge < -0.3 is 0 Å². The molecule has 0 atom stereocenters. The van der Waals surface area contributed by atoms with Gasteiger partial charge in [-0.25, -0.2) is 9.97 Å². The average Bonchev–Trinajstić information content (AvgIpc) is 3.25. The molecule has 0 aliphatic heterocycles. The third kappa shape index (κ3) is 2.93. The normalized spacial score (nSPS) is 11.0. The Labute approximate surface area is 151 Å². The second-order valence-electron chi connectivity index (χ2n) is 5.78. The van der Waals surface area contributed by atoms with E-state index in [2.05, 4.69) is 25.5 Å². The summed E-state index contributed by atoms with van der Waals surface area (Å²) in [5, 5.41) is 13.0. The number of halogens is 1. The topological polar surface area (TPSA) is 85.1 Å². The van der Waals surface area contributed by atoms with Crippen molar-refractivity contribution < 1.29 is 9.18 Å². The Morgan fingerprint density at radius 2 is 2.12 bits per heavy atom. The number of nitrogens with one attached hydrogen (secondary N) is 1. The molecular weight excluding hydrogens is 355 g/mol. The smallest absolute Gasteiger partial charge is 0.261 e. The van der Waals surface area contributed by atoms with E-state index in [1.165, 1.54) is 23.9 Å². The van der Waals surface area contributed by atoms with Crippen LogP contribution >= 0.6 is 11.3 Å². The zero-order valence-electron chi connectivity index (χ0n) is 13.9. The number of pyridine rings is 2. The highest BCUT2D eigenvalue weighted by molar-refractivity contribution is 7.13. The van der Waals surface area contributed by atoms with Crippen molar-refractivity contribution in [3.63, 3.8) is 0 Å². The van der Waals surface area contributed by atoms with Gasteiger partial charge in [0.2, 0.25) is 5.95 Å². The van der Waals surface area contributed by atoms with Gasteiger partial charge in [0.1, 0.15) is 6.33 Å². The lowest BCUT2D eigenvalue weighted by Gasteiger charge is -2.08. The van der Waals surface area contributed by atoms with Gasteiger partial charge in [0.05, 0.1) is 11.3 Å². The second kappa shape index (κ2) is 6.26. The van der Waals surface area contributed by atoms with E-state index in [9.17, 15) is 9.18 Å². The molecule has 4 aromatic rings. The van der Waals surface area contributed by atoms with Crippen molar-refractivity contribution >= 4 is 28.0 Å². The lowest BCUT2D eigenvalue weighted by atomic mass is 10.1. The largest absolute Gasteiger partial charge is 0.298 e. The minimum absolute atomic E-state index is 0.342. The maximum absolute atomic E-state index is 13.5. The molecule has 0 radical (unpaired) electrons. The summed E-state index contributed by atoms with van der Waals surface area (Å²) in [7, 11) is 0. The minimum Gasteiger partial charge on any atom is -0.298 e. The second-order valence-corrected chi connectivity index (χ2v) is 6.64. The van der Waals surface area contributed by atoms with Crippen LogP contribution < -0.4 is 5.32 Å². The molecule has 26 heavy (non-hydrogen) atoms. The predicted octanol–water partition coefficient (Wildman–Crippen LogP) is 3.26. The number of anilines is 1. The molecule has 0 aliphatic carbocycles. The van der Waals surface area contributed by atoms with Crippen LogP contribution in [0.1, 0.15) is 21.6 Å². The molecule has 130 valence electrons. The van der Waals surface area contributed by atoms with Crippen LogP contribution in [0.3, 0.4) is 0 Å². The highest BCUT2D eigenvalue weighted by Gasteiger charge is 2.17. The van der Waals surface area contributed by atoms with E-state index in [1.54, 1.807) is 29.7 Å². The number of aryl methyl sites for hydroxylation is 2. The van der Waals surface area contributed by atoms with Gasteiger partial charge in [0, 0.05) is 34.5 Å². The van der Waals surface area contributed by atoms with E-state index >= 15 is 0 Å². The number of thiazole rings is 1. The Balaban J connectivity index is 1.79. The Morgan fingerprint density at radius 3 is 2.85 bits per heavy atom. The van der Waals surface area contributed by atoms with Gasteiger partial charge in [-0.05, 0) is 26.0 Å². The first kappa shape index (κ1) is 16.3. The van der Waals surface area contributed by atoms with E-state index in [4.69, 9.17) is 0 Å². The lowest BCUT2D eigenvalue weighted by Crippen LogP contribution is -2.13. The number of hydrogen-bond acceptors (Lipinski definition) is 6. The van der Waals surface area contributed by atoms with Crippen LogP contribution in [-0.4, -0.2) is 30.5 Å². The van der Waals surface area contributed by atoms with Crippen LogP contribution in [0.25, 0.3) is 16.8 Å². The molecular formula is C17H13FN6OS. The molecule has 0 aliphatic rings. The monoisotopic (exact) mass is 368 g/mol. The van der Waals surface area contributed by atoms with Gasteiger partial charge in [-0.3, -0.25) is 14.5 Å². The first-order valence-electron chi connectivity index (χ1n) is 7.70. The van der Waals surface area contributed by atoms with E-state index in [-0.39, 0.29) is 5.91 Å². The van der Waals surface area contributed by atoms with Crippen LogP contribution in [0, 0.1) is 19.8 Å². The Hall–Kier alpha value is -3.20. The molecule has 4 rings (SSSR count). The summed E-state index contributed by atoms with van der Waals surface area (Å²) in [4.78, 5) is 20.7. The Kier molecular flexibility index (Phi) is 3.92. The average molecular weight is 368 g/mol. The van der Waals surface area contributed by atoms with Crippen LogP contribution in [0.4, 0.5) is 9.52 Å². The fraction of sp³-hybridized carbons (Fsp3) is 0.118. The number of carbonyl (C=O) groups excluding carboxylic acids is 1. The molecule has 0 spiro atoms. The molecule has 1 N–H and O–H groups in total. The first-order valence-corrected chi connectivity index (χ1v) is 8.58. The van der Waals surface area contributed by atoms with Crippen molar-refractivity contribution in [2.75, 3.05) is 5.32 Å². The van der Waals surface area contributed by atoms with E-state index in [0.29, 0.717) is 33.0 Å². The van der Waals surface area contributed by atoms with Crippen LogP contribution in [0.5, 0.6) is 0 Å². The Bertz CT molecular complexity index is 1140. The summed E-state index contributed by atoms with van der Waals surface area (Å²) in [6.45, 7) is 3.49. The standard InChI is InChI=1S/C17H13FN6OS/c1-9-3-11(5-19-14(9)18)12-4-13(15-23-20-8-24(15)6-12)16(25)22-17-21-10(2)7-26-17/h3-8H,1-2H3,(H,21,22,25). The molecule has 7 nitrogen and oxygen atoms in total. The summed E-state index contributed by atoms with van der Waals surface area (Å²) in [5.74, 6) is -0.859. The van der Waals surface area contributed by atoms with Crippen molar-refractivity contribution in [1.29, 1.82) is 0 Å². The highest BCUT2D eigenvalue weighted by atomic mass is 32.1. The fourth-order valence-electron chi connectivity index (χ4n) is 2.55. The molecule has 0 saturated heterocycles. The third-order valence-corrected chi connectivity index (χ3v) is 4.70. The predicted molar refractivity (Wildman–Crippen MR) is 95.7 cm³/mol. The fourth-order valence-corrected chi connectivity index (χ4v) is 3.24. The SMILES string of the molecule is Cc1csc(NC(=O)c2cc(-c3cnc(F)c(C)c3)cn3cnnc23)n1. The van der Waals surface area contributed by atoms with Crippen LogP contribution in [0.15, 0.2) is 36.2 Å². The molecule has 0 unspecified atom stereocenters.